The van der Waals surface area contributed by atoms with Gasteiger partial charge in [-0.3, -0.25) is 0 Å². The summed E-state index contributed by atoms with van der Waals surface area (Å²) < 4.78 is 53.9. The lowest BCUT2D eigenvalue weighted by molar-refractivity contribution is -0.583. The van der Waals surface area contributed by atoms with Crippen molar-refractivity contribution >= 4 is 20.8 Å². The minimum Gasteiger partial charge on any atom is -0.164 e. The van der Waals surface area contributed by atoms with Gasteiger partial charge >= 0.3 is 20.8 Å². The van der Waals surface area contributed by atoms with Crippen molar-refractivity contribution in [3.8, 4) is 0 Å². The summed E-state index contributed by atoms with van der Waals surface area (Å²) in [6.07, 6.45) is 0. The van der Waals surface area contributed by atoms with Crippen molar-refractivity contribution in [2.75, 3.05) is 0 Å². The smallest absolute Gasteiger partial charge is 0.164 e. The minimum atomic E-state index is -4.74. The standard InChI is InChI=1S/O10S2/c1-11(2)7-5-6-8-12(3,4)10-9-11. The molecular weight excluding hydrogens is 224 g/mol. The third-order valence-electron chi connectivity index (χ3n) is 0.444. The Morgan fingerprint density at radius 2 is 0.917 bits per heavy atom. The van der Waals surface area contributed by atoms with Crippen molar-refractivity contribution in [1.82, 2.24) is 0 Å². The first-order chi connectivity index (χ1) is 5.41. The van der Waals surface area contributed by atoms with Crippen molar-refractivity contribution in [2.24, 2.45) is 0 Å². The fraction of sp³-hybridized carbons (Fsp3) is 0. The Labute approximate surface area is 65.9 Å². The summed E-state index contributed by atoms with van der Waals surface area (Å²) in [5.41, 5.74) is 0. The molecule has 1 rings (SSSR count). The Morgan fingerprint density at radius 1 is 0.583 bits per heavy atom. The molecule has 1 saturated heterocycles. The summed E-state index contributed by atoms with van der Waals surface area (Å²) in [5.74, 6) is 0. The van der Waals surface area contributed by atoms with E-state index in [0.29, 0.717) is 0 Å². The van der Waals surface area contributed by atoms with Crippen molar-refractivity contribution in [3.63, 3.8) is 0 Å². The van der Waals surface area contributed by atoms with Crippen LogP contribution in [0.25, 0.3) is 0 Å². The molecule has 12 heteroatoms. The lowest BCUT2D eigenvalue weighted by Crippen LogP contribution is -2.21. The molecule has 0 aliphatic carbocycles. The van der Waals surface area contributed by atoms with Crippen molar-refractivity contribution in [2.45, 2.75) is 0 Å². The third-order valence-corrected chi connectivity index (χ3v) is 1.44. The molecule has 72 valence electrons. The Morgan fingerprint density at radius 3 is 1.25 bits per heavy atom. The molecule has 0 atom stereocenters. The molecule has 0 aromatic rings. The highest BCUT2D eigenvalue weighted by Crippen LogP contribution is 2.08. The molecule has 0 unspecified atom stereocenters. The van der Waals surface area contributed by atoms with E-state index < -0.39 is 20.8 Å². The van der Waals surface area contributed by atoms with Gasteiger partial charge < -0.3 is 0 Å². The van der Waals surface area contributed by atoms with E-state index in [-0.39, 0.29) is 0 Å². The molecule has 1 heterocycles. The van der Waals surface area contributed by atoms with Gasteiger partial charge in [0.15, 0.2) is 0 Å². The maximum absolute atomic E-state index is 10.2. The Kier molecular flexibility index (Phi) is 2.59. The summed E-state index contributed by atoms with van der Waals surface area (Å²) in [5, 5.41) is 6.46. The quantitative estimate of drug-likeness (QED) is 0.437. The second kappa shape index (κ2) is 3.19. The van der Waals surface area contributed by atoms with Crippen LogP contribution in [-0.2, 0) is 48.2 Å². The van der Waals surface area contributed by atoms with Gasteiger partial charge in [0.25, 0.3) is 0 Å². The molecule has 12 heavy (non-hydrogen) atoms. The first kappa shape index (κ1) is 9.75. The van der Waals surface area contributed by atoms with Gasteiger partial charge in [-0.25, -0.2) is 0 Å². The molecule has 1 fully saturated rings. The maximum atomic E-state index is 10.2. The number of rotatable bonds is 0. The van der Waals surface area contributed by atoms with Crippen LogP contribution in [0, 0.1) is 0 Å². The Hall–Kier alpha value is -0.340. The summed E-state index contributed by atoms with van der Waals surface area (Å²) in [6.45, 7) is 0. The fourth-order valence-electron chi connectivity index (χ4n) is 0.181. The van der Waals surface area contributed by atoms with Crippen LogP contribution in [-0.4, -0.2) is 16.8 Å². The second-order valence-electron chi connectivity index (χ2n) is 1.22. The van der Waals surface area contributed by atoms with Gasteiger partial charge in [0, 0.05) is 0 Å². The molecule has 0 spiro atoms. The molecule has 0 saturated carbocycles. The SMILES string of the molecule is O=S1(=O)OOOOS(=O)(=O)OO1. The first-order valence-electron chi connectivity index (χ1n) is 2.00. The monoisotopic (exact) mass is 224 g/mol. The Bertz CT molecular complexity index is 292. The van der Waals surface area contributed by atoms with Crippen LogP contribution in [0.4, 0.5) is 0 Å². The van der Waals surface area contributed by atoms with E-state index in [4.69, 9.17) is 0 Å². The van der Waals surface area contributed by atoms with Gasteiger partial charge in [0.2, 0.25) is 0 Å². The second-order valence-corrected chi connectivity index (χ2v) is 3.40. The van der Waals surface area contributed by atoms with E-state index in [1.54, 1.807) is 0 Å². The summed E-state index contributed by atoms with van der Waals surface area (Å²) in [6, 6.07) is 0. The van der Waals surface area contributed by atoms with Crippen LogP contribution in [0.2, 0.25) is 0 Å². The predicted molar refractivity (Wildman–Crippen MR) is 24.3 cm³/mol. The van der Waals surface area contributed by atoms with Crippen LogP contribution < -0.4 is 0 Å². The largest absolute Gasteiger partial charge is 0.456 e. The molecule has 0 bridgehead atoms. The summed E-state index contributed by atoms with van der Waals surface area (Å²) >= 11 is 0. The molecule has 10 nitrogen and oxygen atoms in total. The van der Waals surface area contributed by atoms with E-state index in [0.717, 1.165) is 0 Å². The predicted octanol–water partition coefficient (Wildman–Crippen LogP) is -1.75. The van der Waals surface area contributed by atoms with Crippen LogP contribution in [0.5, 0.6) is 0 Å². The van der Waals surface area contributed by atoms with Crippen molar-refractivity contribution in [1.29, 1.82) is 0 Å². The average Bonchev–Trinajstić information content (AvgIpc) is 1.94. The molecule has 0 radical (unpaired) electrons. The third kappa shape index (κ3) is 2.95. The van der Waals surface area contributed by atoms with Crippen molar-refractivity contribution in [3.05, 3.63) is 0 Å². The summed E-state index contributed by atoms with van der Waals surface area (Å²) in [4.78, 5) is 0. The molecule has 1 aliphatic rings. The zero-order valence-corrected chi connectivity index (χ0v) is 6.53. The lowest BCUT2D eigenvalue weighted by Gasteiger charge is -2.05. The van der Waals surface area contributed by atoms with Gasteiger partial charge in [-0.2, -0.15) is 16.8 Å². The number of hydrogen-bond donors (Lipinski definition) is 0. The van der Waals surface area contributed by atoms with E-state index in [2.05, 4.69) is 27.4 Å². The van der Waals surface area contributed by atoms with E-state index in [1.165, 1.54) is 0 Å². The van der Waals surface area contributed by atoms with Gasteiger partial charge in [-0.1, -0.05) is 8.67 Å². The molecule has 0 amide bonds. The van der Waals surface area contributed by atoms with Crippen LogP contribution >= 0.6 is 0 Å². The Balaban J connectivity index is 2.77. The first-order valence-corrected chi connectivity index (χ1v) is 4.67. The van der Waals surface area contributed by atoms with E-state index in [9.17, 15) is 16.8 Å². The maximum Gasteiger partial charge on any atom is 0.456 e. The highest BCUT2D eigenvalue weighted by Gasteiger charge is 2.28. The number of hydrogen-bond acceptors (Lipinski definition) is 10. The molecule has 0 aromatic heterocycles. The molecular formula is O10S2. The van der Waals surface area contributed by atoms with Gasteiger partial charge in [0.1, 0.15) is 0 Å². The zero-order valence-electron chi connectivity index (χ0n) is 4.90. The van der Waals surface area contributed by atoms with Gasteiger partial charge in [-0.05, 0) is 18.7 Å². The van der Waals surface area contributed by atoms with Crippen molar-refractivity contribution < 1.29 is 44.2 Å². The highest BCUT2D eigenvalue weighted by atomic mass is 32.3. The van der Waals surface area contributed by atoms with E-state index >= 15 is 0 Å². The van der Waals surface area contributed by atoms with Crippen LogP contribution in [0.1, 0.15) is 0 Å². The van der Waals surface area contributed by atoms with E-state index in [1.807, 2.05) is 0 Å². The molecule has 1 aliphatic heterocycles. The summed E-state index contributed by atoms with van der Waals surface area (Å²) in [7, 11) is -9.48. The minimum absolute atomic E-state index is 3.22. The van der Waals surface area contributed by atoms with Crippen LogP contribution in [0.3, 0.4) is 0 Å². The zero-order chi connectivity index (χ0) is 9.24. The van der Waals surface area contributed by atoms with Gasteiger partial charge in [0.05, 0.1) is 0 Å². The normalized spacial score (nSPS) is 28.7. The fourth-order valence-corrected chi connectivity index (χ4v) is 0.953. The van der Waals surface area contributed by atoms with Crippen LogP contribution in [0.15, 0.2) is 0 Å². The topological polar surface area (TPSA) is 124 Å². The molecule has 0 aromatic carbocycles. The lowest BCUT2D eigenvalue weighted by atomic mass is 14.4. The molecule has 0 N–H and O–H groups in total. The average molecular weight is 224 g/mol. The van der Waals surface area contributed by atoms with Gasteiger partial charge in [-0.15, -0.1) is 0 Å². The highest BCUT2D eigenvalue weighted by molar-refractivity contribution is 7.84.